The van der Waals surface area contributed by atoms with Gasteiger partial charge in [0.15, 0.2) is 0 Å². The summed E-state index contributed by atoms with van der Waals surface area (Å²) in [7, 11) is 1.81. The van der Waals surface area contributed by atoms with E-state index in [1.807, 2.05) is 13.3 Å². The Morgan fingerprint density at radius 3 is 2.56 bits per heavy atom. The molecule has 0 spiro atoms. The van der Waals surface area contributed by atoms with E-state index >= 15 is 0 Å². The van der Waals surface area contributed by atoms with Gasteiger partial charge in [0.25, 0.3) is 0 Å². The van der Waals surface area contributed by atoms with Gasteiger partial charge in [0, 0.05) is 19.3 Å². The molecule has 3 nitrogen and oxygen atoms in total. The summed E-state index contributed by atoms with van der Waals surface area (Å²) in [6.07, 6.45) is 6.69. The average Bonchev–Trinajstić information content (AvgIpc) is 2.35. The molecule has 0 atom stereocenters. The van der Waals surface area contributed by atoms with Gasteiger partial charge >= 0.3 is 0 Å². The quantitative estimate of drug-likeness (QED) is 0.757. The zero-order chi connectivity index (χ0) is 12.0. The van der Waals surface area contributed by atoms with Gasteiger partial charge in [-0.05, 0) is 19.1 Å². The van der Waals surface area contributed by atoms with Gasteiger partial charge < -0.3 is 4.90 Å². The van der Waals surface area contributed by atoms with E-state index in [1.165, 1.54) is 0 Å². The zero-order valence-electron chi connectivity index (χ0n) is 10.2. The van der Waals surface area contributed by atoms with Crippen molar-refractivity contribution in [3.05, 3.63) is 0 Å². The molecule has 1 fully saturated rings. The molecule has 0 bridgehead atoms. The third-order valence-corrected chi connectivity index (χ3v) is 3.90. The molecule has 0 aromatic rings. The average molecular weight is 240 g/mol. The largest absolute Gasteiger partial charge is 0.344 e. The lowest BCUT2D eigenvalue weighted by molar-refractivity contribution is -0.138. The molecule has 0 aromatic heterocycles. The van der Waals surface area contributed by atoms with Crippen molar-refractivity contribution in [3.8, 4) is 6.07 Å². The second-order valence-corrected chi connectivity index (χ2v) is 5.46. The van der Waals surface area contributed by atoms with E-state index in [1.54, 1.807) is 16.7 Å². The first-order valence-corrected chi connectivity index (χ1v) is 7.21. The van der Waals surface area contributed by atoms with E-state index in [0.717, 1.165) is 44.4 Å². The van der Waals surface area contributed by atoms with E-state index in [-0.39, 0.29) is 5.91 Å². The van der Waals surface area contributed by atoms with Crippen molar-refractivity contribution in [1.29, 1.82) is 5.26 Å². The summed E-state index contributed by atoms with van der Waals surface area (Å²) >= 11 is 1.72. The smallest absolute Gasteiger partial charge is 0.242 e. The maximum atomic E-state index is 12.3. The van der Waals surface area contributed by atoms with Crippen LogP contribution < -0.4 is 0 Å². The van der Waals surface area contributed by atoms with Crippen molar-refractivity contribution in [2.24, 2.45) is 5.41 Å². The summed E-state index contributed by atoms with van der Waals surface area (Å²) in [5.74, 6) is 0.966. The molecule has 0 unspecified atom stereocenters. The van der Waals surface area contributed by atoms with E-state index in [4.69, 9.17) is 0 Å². The minimum absolute atomic E-state index is 0.0313. The molecular formula is C12H20N2OS. The lowest BCUT2D eigenvalue weighted by Crippen LogP contribution is -2.43. The van der Waals surface area contributed by atoms with Gasteiger partial charge in [-0.2, -0.15) is 17.0 Å². The first-order valence-electron chi connectivity index (χ1n) is 5.82. The first kappa shape index (κ1) is 13.4. The number of hydrogen-bond acceptors (Lipinski definition) is 3. The van der Waals surface area contributed by atoms with Gasteiger partial charge in [-0.3, -0.25) is 4.79 Å². The molecular weight excluding hydrogens is 220 g/mol. The van der Waals surface area contributed by atoms with Gasteiger partial charge in [0.1, 0.15) is 5.41 Å². The third kappa shape index (κ3) is 2.91. The molecule has 1 aliphatic carbocycles. The molecule has 1 aliphatic rings. The Hall–Kier alpha value is -0.690. The Balaban J connectivity index is 2.65. The fraction of sp³-hybridized carbons (Fsp3) is 0.833. The number of amides is 1. The van der Waals surface area contributed by atoms with E-state index < -0.39 is 5.41 Å². The normalized spacial score (nSPS) is 18.8. The van der Waals surface area contributed by atoms with Crippen LogP contribution in [0.5, 0.6) is 0 Å². The van der Waals surface area contributed by atoms with Gasteiger partial charge in [-0.25, -0.2) is 0 Å². The zero-order valence-corrected chi connectivity index (χ0v) is 11.0. The number of carbonyl (C=O) groups excluding carboxylic acids is 1. The number of nitrogens with zero attached hydrogens (tertiary/aromatic N) is 2. The van der Waals surface area contributed by atoms with E-state index in [9.17, 15) is 10.1 Å². The fourth-order valence-corrected chi connectivity index (χ4v) is 2.68. The Kier molecular flexibility index (Phi) is 5.14. The lowest BCUT2D eigenvalue weighted by atomic mass is 9.74. The van der Waals surface area contributed by atoms with E-state index in [0.29, 0.717) is 0 Å². The van der Waals surface area contributed by atoms with Crippen molar-refractivity contribution < 1.29 is 4.79 Å². The predicted octanol–water partition coefficient (Wildman–Crippen LogP) is 2.28. The van der Waals surface area contributed by atoms with Crippen LogP contribution in [-0.2, 0) is 4.79 Å². The van der Waals surface area contributed by atoms with Crippen LogP contribution in [0.25, 0.3) is 0 Å². The number of hydrogen-bond donors (Lipinski definition) is 0. The Bertz CT molecular complexity index is 279. The van der Waals surface area contributed by atoms with Crippen LogP contribution in [0.15, 0.2) is 0 Å². The second-order valence-electron chi connectivity index (χ2n) is 4.47. The number of thioether (sulfide) groups is 1. The van der Waals surface area contributed by atoms with Crippen molar-refractivity contribution in [3.63, 3.8) is 0 Å². The molecule has 1 saturated carbocycles. The molecule has 16 heavy (non-hydrogen) atoms. The fourth-order valence-electron chi connectivity index (χ4n) is 2.22. The molecule has 0 radical (unpaired) electrons. The number of carbonyl (C=O) groups is 1. The SMILES string of the molecule is CSCCN(C)C(=O)C1(C#N)CCCCC1. The Morgan fingerprint density at radius 1 is 1.44 bits per heavy atom. The summed E-state index contributed by atoms with van der Waals surface area (Å²) in [6, 6.07) is 2.28. The molecule has 4 heteroatoms. The van der Waals surface area contributed by atoms with E-state index in [2.05, 4.69) is 6.07 Å². The number of nitriles is 1. The first-order chi connectivity index (χ1) is 7.66. The summed E-state index contributed by atoms with van der Waals surface area (Å²) in [4.78, 5) is 14.0. The topological polar surface area (TPSA) is 44.1 Å². The molecule has 1 amide bonds. The molecule has 0 saturated heterocycles. The van der Waals surface area contributed by atoms with Crippen molar-refractivity contribution in [2.45, 2.75) is 32.1 Å². The molecule has 0 aliphatic heterocycles. The highest BCUT2D eigenvalue weighted by molar-refractivity contribution is 7.98. The molecule has 0 aromatic carbocycles. The minimum atomic E-state index is -0.717. The van der Waals surface area contributed by atoms with Crippen LogP contribution in [-0.4, -0.2) is 36.4 Å². The summed E-state index contributed by atoms with van der Waals surface area (Å²) in [5.41, 5.74) is -0.717. The van der Waals surface area contributed by atoms with Gasteiger partial charge in [0.05, 0.1) is 6.07 Å². The van der Waals surface area contributed by atoms with Crippen LogP contribution in [0.4, 0.5) is 0 Å². The lowest BCUT2D eigenvalue weighted by Gasteiger charge is -2.33. The maximum Gasteiger partial charge on any atom is 0.242 e. The molecule has 0 N–H and O–H groups in total. The molecule has 1 rings (SSSR count). The minimum Gasteiger partial charge on any atom is -0.344 e. The van der Waals surface area contributed by atoms with Crippen LogP contribution in [0.2, 0.25) is 0 Å². The number of rotatable bonds is 4. The Morgan fingerprint density at radius 2 is 2.06 bits per heavy atom. The van der Waals surface area contributed by atoms with Crippen LogP contribution in [0.1, 0.15) is 32.1 Å². The monoisotopic (exact) mass is 240 g/mol. The standard InChI is InChI=1S/C12H20N2OS/c1-14(8-9-16-2)11(15)12(10-13)6-4-3-5-7-12/h3-9H2,1-2H3. The van der Waals surface area contributed by atoms with Gasteiger partial charge in [0.2, 0.25) is 5.91 Å². The predicted molar refractivity (Wildman–Crippen MR) is 67.2 cm³/mol. The second kappa shape index (κ2) is 6.15. The summed E-state index contributed by atoms with van der Waals surface area (Å²) in [5, 5.41) is 9.28. The molecule has 0 heterocycles. The van der Waals surface area contributed by atoms with Crippen molar-refractivity contribution in [1.82, 2.24) is 4.90 Å². The van der Waals surface area contributed by atoms with Gasteiger partial charge in [-0.1, -0.05) is 19.3 Å². The third-order valence-electron chi connectivity index (χ3n) is 3.31. The van der Waals surface area contributed by atoms with Gasteiger partial charge in [-0.15, -0.1) is 0 Å². The van der Waals surface area contributed by atoms with Crippen molar-refractivity contribution >= 4 is 17.7 Å². The highest BCUT2D eigenvalue weighted by Gasteiger charge is 2.41. The summed E-state index contributed by atoms with van der Waals surface area (Å²) < 4.78 is 0. The van der Waals surface area contributed by atoms with Crippen LogP contribution >= 0.6 is 11.8 Å². The molecule has 90 valence electrons. The highest BCUT2D eigenvalue weighted by Crippen LogP contribution is 2.37. The van der Waals surface area contributed by atoms with Crippen LogP contribution in [0, 0.1) is 16.7 Å². The van der Waals surface area contributed by atoms with Crippen LogP contribution in [0.3, 0.4) is 0 Å². The maximum absolute atomic E-state index is 12.3. The van der Waals surface area contributed by atoms with Crippen molar-refractivity contribution in [2.75, 3.05) is 25.6 Å². The summed E-state index contributed by atoms with van der Waals surface area (Å²) in [6.45, 7) is 0.740. The highest BCUT2D eigenvalue weighted by atomic mass is 32.2. The Labute approximate surface area is 102 Å².